The van der Waals surface area contributed by atoms with Gasteiger partial charge in [-0.15, -0.1) is 0 Å². The lowest BCUT2D eigenvalue weighted by atomic mass is 10.2. The Kier molecular flexibility index (Phi) is 8.42. The number of nitrogens with one attached hydrogen (secondary N) is 1. The standard InChI is InChI=1S/C21H29Br2N6S/c1-27(2)21(28(3)4)30-12-8-6-5-7-11-29-14-25-19-17(29)9-10-24-18(19)16-13-15(22)20(23)26-16/h9-10,13-14,26H,5-8,11-12H2,1-4H3/q+1. The average Bonchev–Trinajstić information content (AvgIpc) is 3.26. The molecule has 0 aliphatic carbocycles. The van der Waals surface area contributed by atoms with E-state index < -0.39 is 0 Å². The van der Waals surface area contributed by atoms with E-state index in [-0.39, 0.29) is 0 Å². The van der Waals surface area contributed by atoms with Gasteiger partial charge in [0.1, 0.15) is 11.2 Å². The number of aryl methyl sites for hydroxylation is 1. The predicted octanol–water partition coefficient (Wildman–Crippen LogP) is 5.43. The maximum atomic E-state index is 4.65. The van der Waals surface area contributed by atoms with Gasteiger partial charge in [0.25, 0.3) is 0 Å². The maximum Gasteiger partial charge on any atom is 0.307 e. The molecule has 0 saturated carbocycles. The van der Waals surface area contributed by atoms with Crippen LogP contribution in [0.25, 0.3) is 22.4 Å². The Balaban J connectivity index is 1.52. The number of fused-ring (bicyclic) bond motifs is 1. The van der Waals surface area contributed by atoms with E-state index in [4.69, 9.17) is 0 Å². The van der Waals surface area contributed by atoms with Crippen LogP contribution in [0.15, 0.2) is 33.7 Å². The summed E-state index contributed by atoms with van der Waals surface area (Å²) in [6.07, 6.45) is 8.68. The van der Waals surface area contributed by atoms with E-state index in [1.54, 1.807) is 0 Å². The Morgan fingerprint density at radius 2 is 1.93 bits per heavy atom. The van der Waals surface area contributed by atoms with E-state index in [2.05, 4.69) is 95.1 Å². The van der Waals surface area contributed by atoms with E-state index in [1.165, 1.54) is 24.4 Å². The van der Waals surface area contributed by atoms with Crippen LogP contribution in [0.2, 0.25) is 0 Å². The van der Waals surface area contributed by atoms with Crippen LogP contribution in [0, 0.1) is 0 Å². The van der Waals surface area contributed by atoms with Crippen molar-refractivity contribution >= 4 is 59.8 Å². The molecule has 162 valence electrons. The topological polar surface area (TPSA) is 52.8 Å². The third-order valence-electron chi connectivity index (χ3n) is 4.81. The second kappa shape index (κ2) is 10.8. The molecular formula is C21H29Br2N6S+. The maximum absolute atomic E-state index is 4.65. The average molecular weight is 557 g/mol. The van der Waals surface area contributed by atoms with E-state index in [0.29, 0.717) is 0 Å². The van der Waals surface area contributed by atoms with Crippen molar-refractivity contribution < 1.29 is 4.58 Å². The van der Waals surface area contributed by atoms with Crippen LogP contribution >= 0.6 is 43.6 Å². The lowest BCUT2D eigenvalue weighted by Gasteiger charge is -2.10. The molecule has 1 N–H and O–H groups in total. The van der Waals surface area contributed by atoms with E-state index in [9.17, 15) is 0 Å². The van der Waals surface area contributed by atoms with Gasteiger partial charge in [0, 0.05) is 18.5 Å². The monoisotopic (exact) mass is 555 g/mol. The number of nitrogens with zero attached hydrogens (tertiary/aromatic N) is 5. The summed E-state index contributed by atoms with van der Waals surface area (Å²) in [5, 5.41) is 1.31. The van der Waals surface area contributed by atoms with Gasteiger partial charge in [-0.25, -0.2) is 4.98 Å². The smallest absolute Gasteiger partial charge is 0.307 e. The summed E-state index contributed by atoms with van der Waals surface area (Å²) in [5.74, 6) is 1.16. The number of halogens is 2. The number of amidine groups is 1. The molecule has 30 heavy (non-hydrogen) atoms. The molecule has 0 fully saturated rings. The van der Waals surface area contributed by atoms with Crippen LogP contribution in [0.4, 0.5) is 0 Å². The molecule has 0 saturated heterocycles. The summed E-state index contributed by atoms with van der Waals surface area (Å²) in [4.78, 5) is 14.7. The number of pyridine rings is 1. The summed E-state index contributed by atoms with van der Waals surface area (Å²) in [6.45, 7) is 0.984. The normalized spacial score (nSPS) is 11.3. The number of thioether (sulfide) groups is 1. The summed E-state index contributed by atoms with van der Waals surface area (Å²) < 4.78 is 6.32. The van der Waals surface area contributed by atoms with Crippen molar-refractivity contribution in [3.8, 4) is 11.4 Å². The second-order valence-electron chi connectivity index (χ2n) is 7.64. The van der Waals surface area contributed by atoms with Gasteiger partial charge in [-0.2, -0.15) is 0 Å². The molecule has 0 radical (unpaired) electrons. The van der Waals surface area contributed by atoms with Crippen LogP contribution in [-0.4, -0.2) is 68.1 Å². The fraction of sp³-hybridized carbons (Fsp3) is 0.476. The Morgan fingerprint density at radius 3 is 2.60 bits per heavy atom. The molecule has 0 aliphatic rings. The van der Waals surface area contributed by atoms with Crippen molar-refractivity contribution in [3.05, 3.63) is 33.7 Å². The zero-order chi connectivity index (χ0) is 21.7. The minimum Gasteiger partial charge on any atom is -0.347 e. The van der Waals surface area contributed by atoms with Crippen LogP contribution in [-0.2, 0) is 6.54 Å². The molecule has 0 bridgehead atoms. The van der Waals surface area contributed by atoms with Crippen molar-refractivity contribution in [2.75, 3.05) is 33.9 Å². The largest absolute Gasteiger partial charge is 0.347 e. The molecule has 3 rings (SSSR count). The quantitative estimate of drug-likeness (QED) is 0.174. The highest BCUT2D eigenvalue weighted by atomic mass is 79.9. The van der Waals surface area contributed by atoms with Crippen molar-refractivity contribution in [2.24, 2.45) is 0 Å². The van der Waals surface area contributed by atoms with Crippen molar-refractivity contribution in [3.63, 3.8) is 0 Å². The molecule has 0 amide bonds. The first-order valence-corrected chi connectivity index (χ1v) is 12.6. The number of aromatic amines is 1. The van der Waals surface area contributed by atoms with Crippen LogP contribution in [0.1, 0.15) is 25.7 Å². The Bertz CT molecular complexity index is 1000. The van der Waals surface area contributed by atoms with Gasteiger partial charge in [0.2, 0.25) is 0 Å². The molecule has 0 aliphatic heterocycles. The first-order chi connectivity index (χ1) is 14.4. The van der Waals surface area contributed by atoms with Gasteiger partial charge in [-0.1, -0.05) is 12.8 Å². The molecule has 6 nitrogen and oxygen atoms in total. The fourth-order valence-corrected chi connectivity index (χ4v) is 5.16. The van der Waals surface area contributed by atoms with Crippen LogP contribution in [0.3, 0.4) is 0 Å². The molecule has 3 heterocycles. The molecule has 0 spiro atoms. The fourth-order valence-electron chi connectivity index (χ4n) is 3.46. The summed E-state index contributed by atoms with van der Waals surface area (Å²) in [5.41, 5.74) is 3.90. The van der Waals surface area contributed by atoms with E-state index in [0.717, 1.165) is 50.2 Å². The number of aromatic nitrogens is 4. The van der Waals surface area contributed by atoms with E-state index in [1.807, 2.05) is 30.4 Å². The lowest BCUT2D eigenvalue weighted by molar-refractivity contribution is -0.466. The first-order valence-electron chi connectivity index (χ1n) is 10.1. The number of rotatable bonds is 8. The minimum atomic E-state index is 0.878. The van der Waals surface area contributed by atoms with Crippen LogP contribution < -0.4 is 0 Å². The number of hydrogen-bond acceptors (Lipinski definition) is 3. The minimum absolute atomic E-state index is 0.878. The van der Waals surface area contributed by atoms with Gasteiger partial charge in [-0.3, -0.25) is 14.5 Å². The third-order valence-corrected chi connectivity index (χ3v) is 8.07. The highest BCUT2D eigenvalue weighted by Crippen LogP contribution is 2.31. The molecular weight excluding hydrogens is 528 g/mol. The number of imidazole rings is 1. The summed E-state index contributed by atoms with van der Waals surface area (Å²) >= 11 is 8.96. The third kappa shape index (κ3) is 5.68. The number of H-pyrrole nitrogens is 1. The molecule has 0 atom stereocenters. The lowest BCUT2D eigenvalue weighted by Crippen LogP contribution is -2.26. The first kappa shape index (κ1) is 23.3. The molecule has 3 aromatic rings. The van der Waals surface area contributed by atoms with E-state index >= 15 is 0 Å². The number of hydrogen-bond donors (Lipinski definition) is 1. The van der Waals surface area contributed by atoms with Crippen molar-refractivity contribution in [2.45, 2.75) is 32.2 Å². The molecule has 0 aromatic carbocycles. The highest BCUT2D eigenvalue weighted by Gasteiger charge is 2.14. The summed E-state index contributed by atoms with van der Waals surface area (Å²) in [7, 11) is 8.41. The Hall–Kier alpha value is -1.32. The van der Waals surface area contributed by atoms with Crippen LogP contribution in [0.5, 0.6) is 0 Å². The van der Waals surface area contributed by atoms with Gasteiger partial charge >= 0.3 is 5.17 Å². The van der Waals surface area contributed by atoms with Gasteiger partial charge < -0.3 is 9.55 Å². The predicted molar refractivity (Wildman–Crippen MR) is 134 cm³/mol. The highest BCUT2D eigenvalue weighted by molar-refractivity contribution is 9.13. The molecule has 0 unspecified atom stereocenters. The zero-order valence-electron chi connectivity index (χ0n) is 18.0. The zero-order valence-corrected chi connectivity index (χ0v) is 21.9. The van der Waals surface area contributed by atoms with Gasteiger partial charge in [-0.05, 0) is 68.6 Å². The summed E-state index contributed by atoms with van der Waals surface area (Å²) in [6, 6.07) is 4.08. The molecule has 9 heteroatoms. The van der Waals surface area contributed by atoms with Gasteiger partial charge in [0.15, 0.2) is 0 Å². The SMILES string of the molecule is CN(C)C(SCCCCCCn1cnc2c(-c3cc(Br)c(Br)[nH]3)nccc21)=[N+](C)C. The van der Waals surface area contributed by atoms with Gasteiger partial charge in [0.05, 0.1) is 54.8 Å². The van der Waals surface area contributed by atoms with Crippen molar-refractivity contribution in [1.82, 2.24) is 24.4 Å². The Labute approximate surface area is 199 Å². The van der Waals surface area contributed by atoms with Crippen molar-refractivity contribution in [1.29, 1.82) is 0 Å². The Morgan fingerprint density at radius 1 is 1.17 bits per heavy atom. The second-order valence-corrected chi connectivity index (χ2v) is 10.4. The molecule has 3 aromatic heterocycles. The number of unbranched alkanes of at least 4 members (excludes halogenated alkanes) is 3.